The lowest BCUT2D eigenvalue weighted by Crippen LogP contribution is -2.43. The molecule has 2 aromatic heterocycles. The molecule has 35 heavy (non-hydrogen) atoms. The van der Waals surface area contributed by atoms with E-state index in [1.807, 2.05) is 0 Å². The van der Waals surface area contributed by atoms with Gasteiger partial charge in [0, 0.05) is 25.0 Å². The van der Waals surface area contributed by atoms with E-state index >= 15 is 0 Å². The minimum atomic E-state index is -0.548. The molecule has 1 aromatic carbocycles. The first-order valence-corrected chi connectivity index (χ1v) is 12.3. The molecule has 0 atom stereocenters. The van der Waals surface area contributed by atoms with Gasteiger partial charge >= 0.3 is 11.4 Å². The van der Waals surface area contributed by atoms with Gasteiger partial charge in [0.25, 0.3) is 0 Å². The summed E-state index contributed by atoms with van der Waals surface area (Å²) in [6, 6.07) is 8.89. The highest BCUT2D eigenvalue weighted by Gasteiger charge is 2.44. The van der Waals surface area contributed by atoms with Gasteiger partial charge in [0.05, 0.1) is 12.8 Å². The van der Waals surface area contributed by atoms with Crippen molar-refractivity contribution < 1.29 is 9.84 Å². The normalized spacial score (nSPS) is 16.9. The number of nitrogens with one attached hydrogen (secondary N) is 1. The summed E-state index contributed by atoms with van der Waals surface area (Å²) in [4.78, 5) is 33.9. The van der Waals surface area contributed by atoms with Gasteiger partial charge in [0.1, 0.15) is 11.5 Å². The van der Waals surface area contributed by atoms with Crippen molar-refractivity contribution in [3.05, 3.63) is 69.3 Å². The van der Waals surface area contributed by atoms with Crippen molar-refractivity contribution in [3.63, 3.8) is 0 Å². The fourth-order valence-corrected chi connectivity index (χ4v) is 4.94. The predicted molar refractivity (Wildman–Crippen MR) is 132 cm³/mol. The standard InChI is InChI=1S/C26H31N5O4/c1-2-30-24(33)29-23(31(25(30)34)16-18-7-9-26(10-8-18)11-12-26)28-20-3-5-21(6-4-20)35-22-13-19(17-32)14-27-15-22/h3-6,13-15,18,32H,2,7-12,16-17H2,1H3,(H,28,29,33). The number of ether oxygens (including phenoxy) is 1. The van der Waals surface area contributed by atoms with Crippen molar-refractivity contribution in [2.45, 2.75) is 65.1 Å². The number of aromatic nitrogens is 4. The van der Waals surface area contributed by atoms with E-state index in [1.165, 1.54) is 30.3 Å². The van der Waals surface area contributed by atoms with Gasteiger partial charge < -0.3 is 15.2 Å². The molecule has 2 heterocycles. The fraction of sp³-hybridized carbons (Fsp3) is 0.462. The Labute approximate surface area is 203 Å². The Morgan fingerprint density at radius 3 is 2.46 bits per heavy atom. The molecule has 2 aliphatic carbocycles. The maximum atomic E-state index is 13.2. The molecule has 2 aliphatic rings. The molecule has 184 valence electrons. The molecule has 5 rings (SSSR count). The number of anilines is 2. The average Bonchev–Trinajstić information content (AvgIpc) is 3.63. The van der Waals surface area contributed by atoms with Crippen LogP contribution in [0, 0.1) is 11.3 Å². The van der Waals surface area contributed by atoms with Gasteiger partial charge in [-0.25, -0.2) is 14.2 Å². The number of nitrogens with zero attached hydrogens (tertiary/aromatic N) is 4. The lowest BCUT2D eigenvalue weighted by molar-refractivity contribution is 0.233. The third-order valence-corrected chi connectivity index (χ3v) is 7.33. The smallest absolute Gasteiger partial charge is 0.354 e. The first-order valence-electron chi connectivity index (χ1n) is 12.3. The monoisotopic (exact) mass is 477 g/mol. The topological polar surface area (TPSA) is 111 Å². The molecule has 3 aromatic rings. The fourth-order valence-electron chi connectivity index (χ4n) is 4.94. The first-order chi connectivity index (χ1) is 17.0. The SMILES string of the molecule is CCn1c(=O)nc(Nc2ccc(Oc3cncc(CO)c3)cc2)n(CC2CCC3(CC2)CC3)c1=O. The molecule has 2 saturated carbocycles. The van der Waals surface area contributed by atoms with Crippen LogP contribution in [0.5, 0.6) is 11.5 Å². The minimum absolute atomic E-state index is 0.111. The predicted octanol–water partition coefficient (Wildman–Crippen LogP) is 3.82. The van der Waals surface area contributed by atoms with Gasteiger partial charge in [0.15, 0.2) is 0 Å². The van der Waals surface area contributed by atoms with Crippen molar-refractivity contribution in [2.75, 3.05) is 5.32 Å². The number of benzene rings is 1. The van der Waals surface area contributed by atoms with Crippen LogP contribution in [-0.4, -0.2) is 24.2 Å². The highest BCUT2D eigenvalue weighted by Crippen LogP contribution is 2.57. The van der Waals surface area contributed by atoms with Crippen LogP contribution >= 0.6 is 0 Å². The lowest BCUT2D eigenvalue weighted by Gasteiger charge is -2.29. The van der Waals surface area contributed by atoms with E-state index in [2.05, 4.69) is 15.3 Å². The third kappa shape index (κ3) is 5.14. The van der Waals surface area contributed by atoms with E-state index in [4.69, 9.17) is 4.74 Å². The van der Waals surface area contributed by atoms with Gasteiger partial charge in [-0.15, -0.1) is 0 Å². The Morgan fingerprint density at radius 1 is 1.06 bits per heavy atom. The van der Waals surface area contributed by atoms with Crippen LogP contribution in [0.4, 0.5) is 11.6 Å². The molecule has 0 radical (unpaired) electrons. The molecule has 0 unspecified atom stereocenters. The second-order valence-electron chi connectivity index (χ2n) is 9.74. The summed E-state index contributed by atoms with van der Waals surface area (Å²) in [5.74, 6) is 1.79. The van der Waals surface area contributed by atoms with Crippen LogP contribution in [-0.2, 0) is 19.7 Å². The second kappa shape index (κ2) is 9.65. The molecule has 2 fully saturated rings. The zero-order valence-electron chi connectivity index (χ0n) is 19.9. The maximum Gasteiger partial charge on any atom is 0.354 e. The van der Waals surface area contributed by atoms with Crippen LogP contribution in [0.25, 0.3) is 0 Å². The number of aliphatic hydroxyl groups is 1. The van der Waals surface area contributed by atoms with Gasteiger partial charge in [-0.1, -0.05) is 0 Å². The van der Waals surface area contributed by atoms with Crippen LogP contribution < -0.4 is 21.4 Å². The molecule has 9 heteroatoms. The first kappa shape index (κ1) is 23.3. The summed E-state index contributed by atoms with van der Waals surface area (Å²) in [7, 11) is 0. The van der Waals surface area contributed by atoms with E-state index in [-0.39, 0.29) is 24.8 Å². The molecule has 1 spiro atoms. The van der Waals surface area contributed by atoms with Crippen LogP contribution in [0.2, 0.25) is 0 Å². The third-order valence-electron chi connectivity index (χ3n) is 7.33. The van der Waals surface area contributed by atoms with E-state index in [0.717, 1.165) is 12.8 Å². The molecule has 0 bridgehead atoms. The summed E-state index contributed by atoms with van der Waals surface area (Å²) in [5, 5.41) is 12.4. The summed E-state index contributed by atoms with van der Waals surface area (Å²) in [6.45, 7) is 2.52. The van der Waals surface area contributed by atoms with Crippen molar-refractivity contribution in [3.8, 4) is 11.5 Å². The highest BCUT2D eigenvalue weighted by molar-refractivity contribution is 5.55. The van der Waals surface area contributed by atoms with Crippen molar-refractivity contribution in [2.24, 2.45) is 11.3 Å². The average molecular weight is 478 g/mol. The molecule has 0 amide bonds. The number of hydrogen-bond acceptors (Lipinski definition) is 7. The summed E-state index contributed by atoms with van der Waals surface area (Å²) in [5.41, 5.74) is 1.07. The van der Waals surface area contributed by atoms with Crippen molar-refractivity contribution >= 4 is 11.6 Å². The number of pyridine rings is 1. The molecule has 0 saturated heterocycles. The zero-order chi connectivity index (χ0) is 24.4. The highest BCUT2D eigenvalue weighted by atomic mass is 16.5. The Hall–Kier alpha value is -3.46. The summed E-state index contributed by atoms with van der Waals surface area (Å²) in [6.07, 6.45) is 10.5. The van der Waals surface area contributed by atoms with Crippen LogP contribution in [0.1, 0.15) is 51.0 Å². The largest absolute Gasteiger partial charge is 0.456 e. The quantitative estimate of drug-likeness (QED) is 0.507. The molecule has 0 aliphatic heterocycles. The Bertz CT molecular complexity index is 1300. The Balaban J connectivity index is 1.35. The Morgan fingerprint density at radius 2 is 1.80 bits per heavy atom. The van der Waals surface area contributed by atoms with Gasteiger partial charge in [-0.2, -0.15) is 4.98 Å². The zero-order valence-corrected chi connectivity index (χ0v) is 19.9. The van der Waals surface area contributed by atoms with Crippen LogP contribution in [0.3, 0.4) is 0 Å². The van der Waals surface area contributed by atoms with Crippen LogP contribution in [0.15, 0.2) is 52.3 Å². The van der Waals surface area contributed by atoms with Gasteiger partial charge in [-0.05, 0) is 92.7 Å². The van der Waals surface area contributed by atoms with E-state index < -0.39 is 5.69 Å². The molecule has 2 N–H and O–H groups in total. The van der Waals surface area contributed by atoms with E-state index in [1.54, 1.807) is 54.2 Å². The van der Waals surface area contributed by atoms with Gasteiger partial charge in [0.2, 0.25) is 5.95 Å². The second-order valence-corrected chi connectivity index (χ2v) is 9.74. The number of aliphatic hydroxyl groups excluding tert-OH is 1. The maximum absolute atomic E-state index is 13.2. The number of hydrogen-bond donors (Lipinski definition) is 2. The van der Waals surface area contributed by atoms with Crippen molar-refractivity contribution in [1.29, 1.82) is 0 Å². The number of rotatable bonds is 8. The summed E-state index contributed by atoms with van der Waals surface area (Å²) >= 11 is 0. The molecule has 9 nitrogen and oxygen atoms in total. The molecular weight excluding hydrogens is 446 g/mol. The minimum Gasteiger partial charge on any atom is -0.456 e. The molecular formula is C26H31N5O4. The summed E-state index contributed by atoms with van der Waals surface area (Å²) < 4.78 is 8.62. The Kier molecular flexibility index (Phi) is 6.42. The van der Waals surface area contributed by atoms with E-state index in [9.17, 15) is 14.7 Å². The van der Waals surface area contributed by atoms with Crippen molar-refractivity contribution in [1.82, 2.24) is 19.1 Å². The van der Waals surface area contributed by atoms with E-state index in [0.29, 0.717) is 40.6 Å². The lowest BCUT2D eigenvalue weighted by atomic mass is 9.80. The van der Waals surface area contributed by atoms with Gasteiger partial charge in [-0.3, -0.25) is 9.55 Å².